The first kappa shape index (κ1) is 7.98. The van der Waals surface area contributed by atoms with Gasteiger partial charge in [-0.25, -0.2) is 0 Å². The molecule has 0 fully saturated rings. The Hall–Kier alpha value is -1.37. The quantitative estimate of drug-likeness (QED) is 0.613. The summed E-state index contributed by atoms with van der Waals surface area (Å²) in [4.78, 5) is 11.1. The Balaban J connectivity index is 2.33. The molecule has 2 aliphatic carbocycles. The second kappa shape index (κ2) is 2.81. The van der Waals surface area contributed by atoms with Crippen LogP contribution in [-0.2, 0) is 19.3 Å². The van der Waals surface area contributed by atoms with E-state index in [1.54, 1.807) is 0 Å². The number of carbonyl (C=O) groups is 1. The molecule has 0 heterocycles. The van der Waals surface area contributed by atoms with E-state index in [-0.39, 0.29) is 0 Å². The second-order valence-electron chi connectivity index (χ2n) is 4.08. The van der Waals surface area contributed by atoms with Crippen LogP contribution in [-0.4, -0.2) is 6.29 Å². The number of carbonyl (C=O) groups excluding carboxylic acids is 1. The van der Waals surface area contributed by atoms with E-state index in [1.165, 1.54) is 28.7 Å². The van der Waals surface area contributed by atoms with E-state index in [2.05, 4.69) is 18.2 Å². The number of fused-ring (bicyclic) bond motifs is 2. The lowest BCUT2D eigenvalue weighted by molar-refractivity contribution is 0.112. The third-order valence-electron chi connectivity index (χ3n) is 3.31. The molecule has 1 nitrogen and oxygen atoms in total. The molecular formula is C13H12O. The molecule has 0 amide bonds. The number of hydrogen-bond acceptors (Lipinski definition) is 1. The van der Waals surface area contributed by atoms with Gasteiger partial charge in [-0.2, -0.15) is 0 Å². The summed E-state index contributed by atoms with van der Waals surface area (Å²) in [5.41, 5.74) is 6.21. The Morgan fingerprint density at radius 2 is 2.14 bits per heavy atom. The Kier molecular flexibility index (Phi) is 1.60. The van der Waals surface area contributed by atoms with E-state index in [0.717, 1.165) is 31.1 Å². The van der Waals surface area contributed by atoms with Crippen molar-refractivity contribution in [3.63, 3.8) is 0 Å². The van der Waals surface area contributed by atoms with E-state index >= 15 is 0 Å². The van der Waals surface area contributed by atoms with Crippen LogP contribution < -0.4 is 0 Å². The third-order valence-corrected chi connectivity index (χ3v) is 3.31. The van der Waals surface area contributed by atoms with E-state index in [4.69, 9.17) is 0 Å². The van der Waals surface area contributed by atoms with Gasteiger partial charge in [0.05, 0.1) is 0 Å². The molecule has 0 saturated heterocycles. The van der Waals surface area contributed by atoms with Crippen LogP contribution in [0.25, 0.3) is 6.08 Å². The SMILES string of the molecule is O=Cc1c2c(cc3c1CCC3)CC=C2. The summed E-state index contributed by atoms with van der Waals surface area (Å²) in [6, 6.07) is 2.30. The van der Waals surface area contributed by atoms with Crippen LogP contribution in [0.15, 0.2) is 12.1 Å². The standard InChI is InChI=1S/C13H12O/c14-8-13-11-5-1-3-9(11)7-10-4-2-6-12(10)13/h1,5,7-8H,2-4,6H2. The molecule has 0 aliphatic heterocycles. The minimum Gasteiger partial charge on any atom is -0.298 e. The lowest BCUT2D eigenvalue weighted by Crippen LogP contribution is -1.98. The Morgan fingerprint density at radius 1 is 1.21 bits per heavy atom. The van der Waals surface area contributed by atoms with Crippen molar-refractivity contribution in [1.29, 1.82) is 0 Å². The Bertz CT molecular complexity index is 440. The summed E-state index contributed by atoms with van der Waals surface area (Å²) in [5.74, 6) is 0. The van der Waals surface area contributed by atoms with Gasteiger partial charge in [-0.3, -0.25) is 4.79 Å². The van der Waals surface area contributed by atoms with E-state index < -0.39 is 0 Å². The van der Waals surface area contributed by atoms with Gasteiger partial charge in [-0.15, -0.1) is 0 Å². The average Bonchev–Trinajstić information content (AvgIpc) is 2.80. The molecule has 0 spiro atoms. The average molecular weight is 184 g/mol. The largest absolute Gasteiger partial charge is 0.298 e. The monoisotopic (exact) mass is 184 g/mol. The fourth-order valence-electron chi connectivity index (χ4n) is 2.66. The zero-order valence-electron chi connectivity index (χ0n) is 8.05. The molecule has 70 valence electrons. The van der Waals surface area contributed by atoms with Crippen LogP contribution in [0.2, 0.25) is 0 Å². The van der Waals surface area contributed by atoms with Gasteiger partial charge in [0, 0.05) is 5.56 Å². The Labute approximate surface area is 83.4 Å². The predicted molar refractivity (Wildman–Crippen MR) is 56.6 cm³/mol. The second-order valence-corrected chi connectivity index (χ2v) is 4.08. The molecule has 0 saturated carbocycles. The molecule has 0 radical (unpaired) electrons. The topological polar surface area (TPSA) is 17.1 Å². The molecule has 1 heteroatoms. The van der Waals surface area contributed by atoms with Crippen molar-refractivity contribution in [3.8, 4) is 0 Å². The van der Waals surface area contributed by atoms with Crippen molar-refractivity contribution < 1.29 is 4.79 Å². The number of aryl methyl sites for hydroxylation is 1. The van der Waals surface area contributed by atoms with Crippen LogP contribution in [0, 0.1) is 0 Å². The maximum absolute atomic E-state index is 11.1. The summed E-state index contributed by atoms with van der Waals surface area (Å²) < 4.78 is 0. The summed E-state index contributed by atoms with van der Waals surface area (Å²) in [6.45, 7) is 0. The molecule has 1 aromatic rings. The molecule has 3 rings (SSSR count). The van der Waals surface area contributed by atoms with Crippen molar-refractivity contribution in [2.45, 2.75) is 25.7 Å². The van der Waals surface area contributed by atoms with Crippen LogP contribution in [0.5, 0.6) is 0 Å². The molecule has 1 aromatic carbocycles. The van der Waals surface area contributed by atoms with Crippen molar-refractivity contribution in [3.05, 3.63) is 40.0 Å². The highest BCUT2D eigenvalue weighted by Crippen LogP contribution is 2.32. The maximum atomic E-state index is 11.1. The van der Waals surface area contributed by atoms with Crippen LogP contribution in [0.3, 0.4) is 0 Å². The first-order valence-corrected chi connectivity index (χ1v) is 5.19. The summed E-state index contributed by atoms with van der Waals surface area (Å²) in [5, 5.41) is 0. The molecular weight excluding hydrogens is 172 g/mol. The fourth-order valence-corrected chi connectivity index (χ4v) is 2.66. The zero-order chi connectivity index (χ0) is 9.54. The lowest BCUT2D eigenvalue weighted by Gasteiger charge is -2.08. The van der Waals surface area contributed by atoms with Gasteiger partial charge in [0.15, 0.2) is 6.29 Å². The number of allylic oxidation sites excluding steroid dienone is 1. The summed E-state index contributed by atoms with van der Waals surface area (Å²) in [6.07, 6.45) is 9.74. The highest BCUT2D eigenvalue weighted by molar-refractivity contribution is 5.87. The normalized spacial score (nSPS) is 16.9. The molecule has 0 N–H and O–H groups in total. The van der Waals surface area contributed by atoms with E-state index in [0.29, 0.717) is 0 Å². The fraction of sp³-hybridized carbons (Fsp3) is 0.308. The Morgan fingerprint density at radius 3 is 3.00 bits per heavy atom. The first-order valence-electron chi connectivity index (χ1n) is 5.19. The number of hydrogen-bond donors (Lipinski definition) is 0. The number of rotatable bonds is 1. The third kappa shape index (κ3) is 0.926. The minimum absolute atomic E-state index is 0.962. The predicted octanol–water partition coefficient (Wildman–Crippen LogP) is 2.56. The molecule has 0 unspecified atom stereocenters. The first-order chi connectivity index (χ1) is 6.90. The molecule has 0 bridgehead atoms. The van der Waals surface area contributed by atoms with Gasteiger partial charge >= 0.3 is 0 Å². The number of benzene rings is 1. The van der Waals surface area contributed by atoms with Gasteiger partial charge < -0.3 is 0 Å². The van der Waals surface area contributed by atoms with Gasteiger partial charge in [-0.05, 0) is 47.9 Å². The maximum Gasteiger partial charge on any atom is 0.150 e. The van der Waals surface area contributed by atoms with Gasteiger partial charge in [0.25, 0.3) is 0 Å². The van der Waals surface area contributed by atoms with Crippen molar-refractivity contribution in [2.24, 2.45) is 0 Å². The van der Waals surface area contributed by atoms with Crippen LogP contribution in [0.1, 0.15) is 39.0 Å². The molecule has 2 aliphatic rings. The van der Waals surface area contributed by atoms with Gasteiger partial charge in [0.2, 0.25) is 0 Å². The summed E-state index contributed by atoms with van der Waals surface area (Å²) >= 11 is 0. The smallest absolute Gasteiger partial charge is 0.150 e. The van der Waals surface area contributed by atoms with Crippen LogP contribution in [0.4, 0.5) is 0 Å². The van der Waals surface area contributed by atoms with Gasteiger partial charge in [-0.1, -0.05) is 18.2 Å². The number of aldehydes is 1. The highest BCUT2D eigenvalue weighted by atomic mass is 16.1. The summed E-state index contributed by atoms with van der Waals surface area (Å²) in [7, 11) is 0. The lowest BCUT2D eigenvalue weighted by atomic mass is 9.95. The molecule has 0 aromatic heterocycles. The van der Waals surface area contributed by atoms with E-state index in [9.17, 15) is 4.79 Å². The highest BCUT2D eigenvalue weighted by Gasteiger charge is 2.20. The molecule has 0 atom stereocenters. The van der Waals surface area contributed by atoms with Crippen molar-refractivity contribution in [1.82, 2.24) is 0 Å². The van der Waals surface area contributed by atoms with Crippen molar-refractivity contribution >= 4 is 12.4 Å². The van der Waals surface area contributed by atoms with Crippen LogP contribution >= 0.6 is 0 Å². The zero-order valence-corrected chi connectivity index (χ0v) is 8.05. The minimum atomic E-state index is 0.962. The van der Waals surface area contributed by atoms with E-state index in [1.807, 2.05) is 0 Å². The van der Waals surface area contributed by atoms with Gasteiger partial charge in [0.1, 0.15) is 0 Å². The molecule has 14 heavy (non-hydrogen) atoms. The van der Waals surface area contributed by atoms with Crippen molar-refractivity contribution in [2.75, 3.05) is 0 Å².